The van der Waals surface area contributed by atoms with E-state index in [0.29, 0.717) is 24.2 Å². The lowest BCUT2D eigenvalue weighted by atomic mass is 10.1. The van der Waals surface area contributed by atoms with Gasteiger partial charge in [-0.25, -0.2) is 0 Å². The average molecular weight is 371 g/mol. The van der Waals surface area contributed by atoms with Gasteiger partial charge in [-0.2, -0.15) is 5.10 Å². The highest BCUT2D eigenvalue weighted by atomic mass is 79.9. The topological polar surface area (TPSA) is 69.8 Å². The van der Waals surface area contributed by atoms with Crippen molar-refractivity contribution in [1.29, 1.82) is 0 Å². The maximum atomic E-state index is 12.2. The molecule has 0 aromatic carbocycles. The van der Waals surface area contributed by atoms with E-state index in [-0.39, 0.29) is 5.91 Å². The first-order valence-electron chi connectivity index (χ1n) is 8.35. The number of carbonyl (C=O) groups is 1. The number of aromatic amines is 1. The van der Waals surface area contributed by atoms with Gasteiger partial charge in [0.15, 0.2) is 5.69 Å². The van der Waals surface area contributed by atoms with E-state index >= 15 is 0 Å². The highest BCUT2D eigenvalue weighted by molar-refractivity contribution is 9.10. The number of nitrogens with zero attached hydrogens (tertiary/aromatic N) is 1. The van der Waals surface area contributed by atoms with Crippen molar-refractivity contribution in [2.24, 2.45) is 0 Å². The SMILES string of the molecule is CC(C)c1[nH]nc(C(=O)NCCNC2CCCCCC2)c1Br. The number of halogens is 1. The minimum Gasteiger partial charge on any atom is -0.349 e. The molecule has 2 rings (SSSR count). The van der Waals surface area contributed by atoms with Gasteiger partial charge in [0.05, 0.1) is 10.2 Å². The zero-order valence-electron chi connectivity index (χ0n) is 13.5. The number of rotatable bonds is 6. The van der Waals surface area contributed by atoms with Crippen LogP contribution in [0.5, 0.6) is 0 Å². The van der Waals surface area contributed by atoms with Crippen LogP contribution < -0.4 is 10.6 Å². The van der Waals surface area contributed by atoms with Crippen LogP contribution in [0.1, 0.15) is 74.5 Å². The minimum atomic E-state index is -0.127. The van der Waals surface area contributed by atoms with Crippen LogP contribution in [0.2, 0.25) is 0 Å². The third kappa shape index (κ3) is 4.81. The molecule has 1 heterocycles. The quantitative estimate of drug-likeness (QED) is 0.531. The number of hydrogen-bond acceptors (Lipinski definition) is 3. The molecule has 0 radical (unpaired) electrons. The van der Waals surface area contributed by atoms with E-state index in [1.54, 1.807) is 0 Å². The minimum absolute atomic E-state index is 0.127. The number of aromatic nitrogens is 2. The fourth-order valence-corrected chi connectivity index (χ4v) is 3.71. The number of amides is 1. The molecule has 1 aromatic rings. The summed E-state index contributed by atoms with van der Waals surface area (Å²) in [5.41, 5.74) is 1.40. The Labute approximate surface area is 141 Å². The van der Waals surface area contributed by atoms with Crippen LogP contribution >= 0.6 is 15.9 Å². The van der Waals surface area contributed by atoms with Crippen LogP contribution in [-0.2, 0) is 0 Å². The van der Waals surface area contributed by atoms with E-state index in [0.717, 1.165) is 16.7 Å². The summed E-state index contributed by atoms with van der Waals surface area (Å²) in [5, 5.41) is 13.5. The Bertz CT molecular complexity index is 478. The van der Waals surface area contributed by atoms with Gasteiger partial charge in [0, 0.05) is 19.1 Å². The van der Waals surface area contributed by atoms with Gasteiger partial charge >= 0.3 is 0 Å². The van der Waals surface area contributed by atoms with Gasteiger partial charge < -0.3 is 10.6 Å². The monoisotopic (exact) mass is 370 g/mol. The molecular formula is C16H27BrN4O. The lowest BCUT2D eigenvalue weighted by molar-refractivity contribution is 0.0947. The predicted molar refractivity (Wildman–Crippen MR) is 92.2 cm³/mol. The molecule has 0 atom stereocenters. The zero-order valence-corrected chi connectivity index (χ0v) is 15.1. The van der Waals surface area contributed by atoms with Crippen LogP contribution in [0.15, 0.2) is 4.47 Å². The number of carbonyl (C=O) groups excluding carboxylic acids is 1. The van der Waals surface area contributed by atoms with E-state index in [4.69, 9.17) is 0 Å². The van der Waals surface area contributed by atoms with E-state index in [2.05, 4.69) is 50.6 Å². The van der Waals surface area contributed by atoms with Gasteiger partial charge in [-0.3, -0.25) is 9.89 Å². The first-order chi connectivity index (χ1) is 10.6. The Morgan fingerprint density at radius 2 is 1.95 bits per heavy atom. The number of nitrogens with one attached hydrogen (secondary N) is 3. The van der Waals surface area contributed by atoms with Crippen molar-refractivity contribution in [3.05, 3.63) is 15.9 Å². The van der Waals surface area contributed by atoms with Crippen LogP contribution in [0.4, 0.5) is 0 Å². The summed E-state index contributed by atoms with van der Waals surface area (Å²) in [4.78, 5) is 12.2. The van der Waals surface area contributed by atoms with Crippen LogP contribution in [-0.4, -0.2) is 35.2 Å². The van der Waals surface area contributed by atoms with Crippen molar-refractivity contribution in [3.8, 4) is 0 Å². The Morgan fingerprint density at radius 3 is 2.55 bits per heavy atom. The third-order valence-electron chi connectivity index (χ3n) is 4.22. The van der Waals surface area contributed by atoms with Crippen LogP contribution in [0, 0.1) is 0 Å². The number of hydrogen-bond donors (Lipinski definition) is 3. The van der Waals surface area contributed by atoms with Crippen molar-refractivity contribution in [3.63, 3.8) is 0 Å². The fourth-order valence-electron chi connectivity index (χ4n) is 2.89. The molecule has 0 aliphatic heterocycles. The molecule has 1 fully saturated rings. The molecule has 1 amide bonds. The molecule has 124 valence electrons. The normalized spacial score (nSPS) is 16.7. The summed E-state index contributed by atoms with van der Waals surface area (Å²) >= 11 is 3.46. The zero-order chi connectivity index (χ0) is 15.9. The standard InChI is InChI=1S/C16H27BrN4O/c1-11(2)14-13(17)15(21-20-14)16(22)19-10-9-18-12-7-5-3-4-6-8-12/h11-12,18H,3-10H2,1-2H3,(H,19,22)(H,20,21). The molecule has 5 nitrogen and oxygen atoms in total. The Hall–Kier alpha value is -0.880. The average Bonchev–Trinajstić information content (AvgIpc) is 2.71. The highest BCUT2D eigenvalue weighted by Gasteiger charge is 2.19. The Kier molecular flexibility index (Phi) is 6.89. The Morgan fingerprint density at radius 1 is 1.27 bits per heavy atom. The number of H-pyrrole nitrogens is 1. The van der Waals surface area contributed by atoms with Crippen molar-refractivity contribution in [1.82, 2.24) is 20.8 Å². The van der Waals surface area contributed by atoms with Crippen molar-refractivity contribution < 1.29 is 4.79 Å². The summed E-state index contributed by atoms with van der Waals surface area (Å²) in [5.74, 6) is 0.179. The molecule has 1 aliphatic rings. The van der Waals surface area contributed by atoms with E-state index in [1.807, 2.05) is 0 Å². The van der Waals surface area contributed by atoms with Crippen molar-refractivity contribution >= 4 is 21.8 Å². The van der Waals surface area contributed by atoms with Crippen molar-refractivity contribution in [2.75, 3.05) is 13.1 Å². The van der Waals surface area contributed by atoms with Gasteiger partial charge in [-0.1, -0.05) is 39.5 Å². The molecule has 1 aliphatic carbocycles. The summed E-state index contributed by atoms with van der Waals surface area (Å²) in [6, 6.07) is 0.615. The van der Waals surface area contributed by atoms with Crippen LogP contribution in [0.25, 0.3) is 0 Å². The molecule has 1 aromatic heterocycles. The summed E-state index contributed by atoms with van der Waals surface area (Å²) in [6.45, 7) is 5.58. The second-order valence-corrected chi connectivity index (χ2v) is 7.15. The second kappa shape index (κ2) is 8.67. The summed E-state index contributed by atoms with van der Waals surface area (Å²) in [6.07, 6.45) is 7.89. The summed E-state index contributed by atoms with van der Waals surface area (Å²) < 4.78 is 0.775. The van der Waals surface area contributed by atoms with E-state index in [1.165, 1.54) is 38.5 Å². The first-order valence-corrected chi connectivity index (χ1v) is 9.14. The molecule has 3 N–H and O–H groups in total. The fraction of sp³-hybridized carbons (Fsp3) is 0.750. The first kappa shape index (κ1) is 17.5. The molecule has 0 saturated heterocycles. The summed E-state index contributed by atoms with van der Waals surface area (Å²) in [7, 11) is 0. The lowest BCUT2D eigenvalue weighted by Crippen LogP contribution is -2.37. The Balaban J connectivity index is 1.73. The molecule has 0 spiro atoms. The molecular weight excluding hydrogens is 344 g/mol. The van der Waals surface area contributed by atoms with Gasteiger partial charge in [0.2, 0.25) is 0 Å². The molecule has 0 bridgehead atoms. The molecule has 0 unspecified atom stereocenters. The van der Waals surface area contributed by atoms with Gasteiger partial charge in [0.1, 0.15) is 0 Å². The van der Waals surface area contributed by atoms with E-state index in [9.17, 15) is 4.79 Å². The van der Waals surface area contributed by atoms with Gasteiger partial charge in [-0.15, -0.1) is 0 Å². The van der Waals surface area contributed by atoms with Gasteiger partial charge in [-0.05, 0) is 34.7 Å². The van der Waals surface area contributed by atoms with E-state index < -0.39 is 0 Å². The van der Waals surface area contributed by atoms with Gasteiger partial charge in [0.25, 0.3) is 5.91 Å². The largest absolute Gasteiger partial charge is 0.349 e. The van der Waals surface area contributed by atoms with Crippen molar-refractivity contribution in [2.45, 2.75) is 64.3 Å². The predicted octanol–water partition coefficient (Wildman–Crippen LogP) is 3.34. The van der Waals surface area contributed by atoms with Crippen LogP contribution in [0.3, 0.4) is 0 Å². The highest BCUT2D eigenvalue weighted by Crippen LogP contribution is 2.25. The smallest absolute Gasteiger partial charge is 0.273 e. The lowest BCUT2D eigenvalue weighted by Gasteiger charge is -2.16. The molecule has 1 saturated carbocycles. The molecule has 6 heteroatoms. The second-order valence-electron chi connectivity index (χ2n) is 6.35. The third-order valence-corrected chi connectivity index (χ3v) is 5.03. The maximum absolute atomic E-state index is 12.2. The maximum Gasteiger partial charge on any atom is 0.273 e. The molecule has 22 heavy (non-hydrogen) atoms.